The summed E-state index contributed by atoms with van der Waals surface area (Å²) in [6.45, 7) is 1.98. The van der Waals surface area contributed by atoms with Crippen LogP contribution in [0.15, 0.2) is 48.5 Å². The minimum Gasteiger partial charge on any atom is -0.354 e. The maximum atomic E-state index is 12.5. The first-order valence-electron chi connectivity index (χ1n) is 9.96. The van der Waals surface area contributed by atoms with Gasteiger partial charge in [-0.2, -0.15) is 0 Å². The third kappa shape index (κ3) is 4.52. The van der Waals surface area contributed by atoms with Crippen molar-refractivity contribution in [1.82, 2.24) is 15.3 Å². The lowest BCUT2D eigenvalue weighted by atomic mass is 10.2. The van der Waals surface area contributed by atoms with Gasteiger partial charge in [0.05, 0.1) is 21.6 Å². The molecule has 1 fully saturated rings. The summed E-state index contributed by atoms with van der Waals surface area (Å²) in [4.78, 5) is 36.3. The molecule has 2 N–H and O–H groups in total. The quantitative estimate of drug-likeness (QED) is 0.632. The number of benzene rings is 2. The average molecular weight is 424 g/mol. The SMILES string of the molecule is O=C(CCNC(=O)c1ccccc1Cl)Nc1nc2ccccc2nc1N1CCCC1. The first kappa shape index (κ1) is 20.1. The predicted octanol–water partition coefficient (Wildman–Crippen LogP) is 3.64. The second-order valence-corrected chi connectivity index (χ2v) is 7.52. The molecule has 1 saturated heterocycles. The zero-order valence-corrected chi connectivity index (χ0v) is 17.2. The molecule has 0 unspecified atom stereocenters. The number of nitrogens with zero attached hydrogens (tertiary/aromatic N) is 3. The number of carbonyl (C=O) groups is 2. The molecule has 0 bridgehead atoms. The maximum Gasteiger partial charge on any atom is 0.252 e. The molecule has 0 saturated carbocycles. The summed E-state index contributed by atoms with van der Waals surface area (Å²) in [7, 11) is 0. The molecular weight excluding hydrogens is 402 g/mol. The minimum absolute atomic E-state index is 0.115. The number of aromatic nitrogens is 2. The summed E-state index contributed by atoms with van der Waals surface area (Å²) in [6, 6.07) is 14.4. The molecule has 0 spiro atoms. The molecule has 7 nitrogen and oxygen atoms in total. The van der Waals surface area contributed by atoms with Crippen molar-refractivity contribution in [2.24, 2.45) is 0 Å². The van der Waals surface area contributed by atoms with Crippen LogP contribution in [-0.2, 0) is 4.79 Å². The number of para-hydroxylation sites is 2. The minimum atomic E-state index is -0.309. The van der Waals surface area contributed by atoms with E-state index in [0.29, 0.717) is 22.2 Å². The molecule has 30 heavy (non-hydrogen) atoms. The molecule has 2 amide bonds. The molecule has 154 valence electrons. The number of halogens is 1. The molecule has 1 aliphatic rings. The first-order chi connectivity index (χ1) is 14.6. The van der Waals surface area contributed by atoms with Crippen LogP contribution in [-0.4, -0.2) is 41.4 Å². The highest BCUT2D eigenvalue weighted by atomic mass is 35.5. The van der Waals surface area contributed by atoms with Gasteiger partial charge in [0.25, 0.3) is 5.91 Å². The summed E-state index contributed by atoms with van der Waals surface area (Å²) >= 11 is 6.04. The van der Waals surface area contributed by atoms with Crippen LogP contribution in [0.4, 0.5) is 11.6 Å². The van der Waals surface area contributed by atoms with Crippen molar-refractivity contribution in [3.63, 3.8) is 0 Å². The number of carbonyl (C=O) groups excluding carboxylic acids is 2. The van der Waals surface area contributed by atoms with Crippen LogP contribution in [0.25, 0.3) is 11.0 Å². The topological polar surface area (TPSA) is 87.2 Å². The van der Waals surface area contributed by atoms with Crippen molar-refractivity contribution in [2.45, 2.75) is 19.3 Å². The van der Waals surface area contributed by atoms with E-state index >= 15 is 0 Å². The van der Waals surface area contributed by atoms with Gasteiger partial charge < -0.3 is 15.5 Å². The lowest BCUT2D eigenvalue weighted by Gasteiger charge is -2.20. The van der Waals surface area contributed by atoms with Crippen LogP contribution in [0.5, 0.6) is 0 Å². The fourth-order valence-electron chi connectivity index (χ4n) is 3.45. The fraction of sp³-hybridized carbons (Fsp3) is 0.273. The van der Waals surface area contributed by atoms with Crippen molar-refractivity contribution in [3.8, 4) is 0 Å². The van der Waals surface area contributed by atoms with E-state index in [1.165, 1.54) is 0 Å². The van der Waals surface area contributed by atoms with Crippen molar-refractivity contribution in [3.05, 3.63) is 59.1 Å². The fourth-order valence-corrected chi connectivity index (χ4v) is 3.67. The highest BCUT2D eigenvalue weighted by molar-refractivity contribution is 6.33. The Labute approximate surface area is 179 Å². The van der Waals surface area contributed by atoms with Crippen molar-refractivity contribution < 1.29 is 9.59 Å². The van der Waals surface area contributed by atoms with Crippen LogP contribution in [0, 0.1) is 0 Å². The highest BCUT2D eigenvalue weighted by Crippen LogP contribution is 2.27. The van der Waals surface area contributed by atoms with E-state index in [-0.39, 0.29) is 24.8 Å². The van der Waals surface area contributed by atoms with Crippen LogP contribution in [0.2, 0.25) is 5.02 Å². The summed E-state index contributed by atoms with van der Waals surface area (Å²) < 4.78 is 0. The molecule has 0 atom stereocenters. The molecule has 2 aromatic carbocycles. The van der Waals surface area contributed by atoms with Gasteiger partial charge in [-0.25, -0.2) is 9.97 Å². The van der Waals surface area contributed by atoms with Crippen LogP contribution in [0.1, 0.15) is 29.6 Å². The summed E-state index contributed by atoms with van der Waals surface area (Å²) in [5.41, 5.74) is 1.91. The number of nitrogens with one attached hydrogen (secondary N) is 2. The molecule has 4 rings (SSSR count). The molecule has 3 aromatic rings. The molecule has 1 aliphatic heterocycles. The molecule has 1 aromatic heterocycles. The van der Waals surface area contributed by atoms with Crippen molar-refractivity contribution in [2.75, 3.05) is 29.9 Å². The third-order valence-electron chi connectivity index (χ3n) is 4.97. The van der Waals surface area contributed by atoms with E-state index in [1.54, 1.807) is 24.3 Å². The van der Waals surface area contributed by atoms with Crippen molar-refractivity contribution >= 4 is 46.1 Å². The zero-order valence-electron chi connectivity index (χ0n) is 16.4. The van der Waals surface area contributed by atoms with Gasteiger partial charge in [0.2, 0.25) is 5.91 Å². The van der Waals surface area contributed by atoms with E-state index in [2.05, 4.69) is 20.5 Å². The smallest absolute Gasteiger partial charge is 0.252 e. The lowest BCUT2D eigenvalue weighted by molar-refractivity contribution is -0.116. The normalized spacial score (nSPS) is 13.4. The maximum absolute atomic E-state index is 12.5. The highest BCUT2D eigenvalue weighted by Gasteiger charge is 2.20. The van der Waals surface area contributed by atoms with Gasteiger partial charge in [-0.1, -0.05) is 35.9 Å². The van der Waals surface area contributed by atoms with E-state index in [1.807, 2.05) is 24.3 Å². The zero-order chi connectivity index (χ0) is 20.9. The van der Waals surface area contributed by atoms with Crippen LogP contribution in [0.3, 0.4) is 0 Å². The Morgan fingerprint density at radius 3 is 2.37 bits per heavy atom. The van der Waals surface area contributed by atoms with Gasteiger partial charge >= 0.3 is 0 Å². The van der Waals surface area contributed by atoms with Gasteiger partial charge in [0, 0.05) is 26.1 Å². The standard InChI is InChI=1S/C22H22ClN5O2/c23-16-8-2-1-7-15(16)22(30)24-12-11-19(29)27-20-21(28-13-5-6-14-28)26-18-10-4-3-9-17(18)25-20/h1-4,7-10H,5-6,11-14H2,(H,24,30)(H,25,27,29). The summed E-state index contributed by atoms with van der Waals surface area (Å²) in [6.07, 6.45) is 2.30. The molecule has 8 heteroatoms. The summed E-state index contributed by atoms with van der Waals surface area (Å²) in [5, 5.41) is 5.97. The third-order valence-corrected chi connectivity index (χ3v) is 5.30. The van der Waals surface area contributed by atoms with Crippen molar-refractivity contribution in [1.29, 1.82) is 0 Å². The number of hydrogen-bond acceptors (Lipinski definition) is 5. The number of rotatable bonds is 6. The van der Waals surface area contributed by atoms with Gasteiger partial charge in [-0.15, -0.1) is 0 Å². The van der Waals surface area contributed by atoms with Gasteiger partial charge in [0.15, 0.2) is 11.6 Å². The number of anilines is 2. The Morgan fingerprint density at radius 2 is 1.63 bits per heavy atom. The van der Waals surface area contributed by atoms with Crippen LogP contribution >= 0.6 is 11.6 Å². The number of hydrogen-bond donors (Lipinski definition) is 2. The van der Waals surface area contributed by atoms with Gasteiger partial charge in [-0.3, -0.25) is 9.59 Å². The summed E-state index contributed by atoms with van der Waals surface area (Å²) in [5.74, 6) is 0.605. The number of amides is 2. The predicted molar refractivity (Wildman–Crippen MR) is 118 cm³/mol. The van der Waals surface area contributed by atoms with Crippen LogP contribution < -0.4 is 15.5 Å². The molecule has 0 radical (unpaired) electrons. The lowest BCUT2D eigenvalue weighted by Crippen LogP contribution is -2.28. The second kappa shape index (κ2) is 9.09. The monoisotopic (exact) mass is 423 g/mol. The van der Waals surface area contributed by atoms with Gasteiger partial charge in [0.1, 0.15) is 0 Å². The first-order valence-corrected chi connectivity index (χ1v) is 10.3. The Balaban J connectivity index is 1.43. The van der Waals surface area contributed by atoms with E-state index in [4.69, 9.17) is 16.6 Å². The molecular formula is C22H22ClN5O2. The Hall–Kier alpha value is -3.19. The number of fused-ring (bicyclic) bond motifs is 1. The van der Waals surface area contributed by atoms with E-state index in [9.17, 15) is 9.59 Å². The van der Waals surface area contributed by atoms with E-state index < -0.39 is 0 Å². The molecule has 0 aliphatic carbocycles. The largest absolute Gasteiger partial charge is 0.354 e. The Bertz CT molecular complexity index is 1080. The second-order valence-electron chi connectivity index (χ2n) is 7.11. The Kier molecular flexibility index (Phi) is 6.09. The van der Waals surface area contributed by atoms with Gasteiger partial charge in [-0.05, 0) is 37.1 Å². The average Bonchev–Trinajstić information content (AvgIpc) is 3.28. The van der Waals surface area contributed by atoms with E-state index in [0.717, 1.165) is 37.0 Å². The Morgan fingerprint density at radius 1 is 0.967 bits per heavy atom. The molecule has 2 heterocycles.